The second-order valence-corrected chi connectivity index (χ2v) is 22.7. The number of aromatic nitrogens is 12. The third-order valence-electron chi connectivity index (χ3n) is 16.7. The number of anilines is 3. The summed E-state index contributed by atoms with van der Waals surface area (Å²) in [6.07, 6.45) is 34.5. The smallest absolute Gasteiger partial charge is 0.157 e. The van der Waals surface area contributed by atoms with Gasteiger partial charge >= 0.3 is 0 Å². The van der Waals surface area contributed by atoms with Crippen LogP contribution in [0.1, 0.15) is 132 Å². The lowest BCUT2D eigenvalue weighted by Gasteiger charge is -2.26. The molecule has 0 radical (unpaired) electrons. The predicted molar refractivity (Wildman–Crippen MR) is 369 cm³/mol. The van der Waals surface area contributed by atoms with E-state index in [0.717, 1.165) is 149 Å². The molecule has 2 atom stereocenters. The monoisotopic (exact) mass is 1190 g/mol. The Morgan fingerprint density at radius 2 is 0.967 bits per heavy atom. The van der Waals surface area contributed by atoms with Gasteiger partial charge in [0.05, 0.1) is 35.7 Å². The predicted octanol–water partition coefficient (Wildman–Crippen LogP) is 17.0. The van der Waals surface area contributed by atoms with Crippen LogP contribution in [0, 0.1) is 20.8 Å². The Balaban J connectivity index is 0.000000134. The van der Waals surface area contributed by atoms with Crippen LogP contribution in [0.25, 0.3) is 61.9 Å². The first kappa shape index (κ1) is 61.7. The highest BCUT2D eigenvalue weighted by molar-refractivity contribution is 5.78. The van der Waals surface area contributed by atoms with Crippen molar-refractivity contribution in [3.8, 4) is 33.8 Å². The summed E-state index contributed by atoms with van der Waals surface area (Å²) in [7, 11) is 0. The number of hydrogen-bond donors (Lipinski definition) is 3. The Morgan fingerprint density at radius 3 is 1.51 bits per heavy atom. The molecule has 0 saturated heterocycles. The Kier molecular flexibility index (Phi) is 19.9. The average Bonchev–Trinajstić information content (AvgIpc) is 3.27. The summed E-state index contributed by atoms with van der Waals surface area (Å²) < 4.78 is 5.64. The zero-order chi connectivity index (χ0) is 62.5. The first-order valence-electron chi connectivity index (χ1n) is 32.3. The molecular weight excluding hydrogens is 1110 g/mol. The Morgan fingerprint density at radius 1 is 0.489 bits per heavy atom. The third-order valence-corrected chi connectivity index (χ3v) is 16.7. The van der Waals surface area contributed by atoms with Crippen molar-refractivity contribution in [3.63, 3.8) is 0 Å². The molecule has 5 aliphatic carbocycles. The van der Waals surface area contributed by atoms with Gasteiger partial charge in [-0.2, -0.15) is 28.8 Å². The number of allylic oxidation sites excluding steroid dienone is 5. The van der Waals surface area contributed by atoms with Gasteiger partial charge in [-0.15, -0.1) is 0 Å². The van der Waals surface area contributed by atoms with Gasteiger partial charge in [0.25, 0.3) is 0 Å². The van der Waals surface area contributed by atoms with Gasteiger partial charge in [0.2, 0.25) is 0 Å². The molecule has 0 spiro atoms. The van der Waals surface area contributed by atoms with Crippen molar-refractivity contribution in [2.24, 2.45) is 0 Å². The summed E-state index contributed by atoms with van der Waals surface area (Å²) in [6, 6.07) is 36.7. The van der Waals surface area contributed by atoms with E-state index in [9.17, 15) is 0 Å². The molecule has 5 aliphatic rings. The molecular formula is C75H83N15. The summed E-state index contributed by atoms with van der Waals surface area (Å²) in [5.74, 6) is 2.92. The number of aryl methyl sites for hydroxylation is 3. The van der Waals surface area contributed by atoms with Crippen LogP contribution in [-0.2, 0) is 12.8 Å². The van der Waals surface area contributed by atoms with Crippen molar-refractivity contribution >= 4 is 45.5 Å². The lowest BCUT2D eigenvalue weighted by molar-refractivity contribution is 0.605. The Bertz CT molecular complexity index is 4420. The zero-order valence-corrected chi connectivity index (χ0v) is 53.5. The number of nitrogens with zero attached hydrogens (tertiary/aromatic N) is 12. The highest BCUT2D eigenvalue weighted by Crippen LogP contribution is 2.43. The van der Waals surface area contributed by atoms with Crippen molar-refractivity contribution in [3.05, 3.63) is 233 Å². The SMILES string of the molecule is CC.CC.CC.Cc1cncc(-c2cc(NC3CCC4=C(C3)c3ccccc3C4)n3nccc3n2)c1.Cc1cncc(-c2cc(NC3CCC4=C(C=CC4)C3)n3nccc3n2)c1.Cc1cncc(-c2cc(NCCC3=CCc4ccccc43)n3nccc3n2)c1. The minimum atomic E-state index is 0.383. The van der Waals surface area contributed by atoms with E-state index in [1.54, 1.807) is 35.3 Å². The molecule has 15 heteroatoms. The molecule has 458 valence electrons. The van der Waals surface area contributed by atoms with Crippen molar-refractivity contribution in [1.29, 1.82) is 0 Å². The highest BCUT2D eigenvalue weighted by Gasteiger charge is 2.29. The van der Waals surface area contributed by atoms with E-state index in [1.165, 1.54) is 39.8 Å². The molecule has 90 heavy (non-hydrogen) atoms. The fraction of sp³-hybridized carbons (Fsp3) is 0.293. The Hall–Kier alpha value is -9.89. The number of rotatable bonds is 11. The first-order chi connectivity index (χ1) is 44.3. The molecule has 9 heterocycles. The van der Waals surface area contributed by atoms with Gasteiger partial charge in [-0.3, -0.25) is 15.0 Å². The molecule has 15 nitrogen and oxygen atoms in total. The van der Waals surface area contributed by atoms with Crippen molar-refractivity contribution in [2.45, 2.75) is 139 Å². The van der Waals surface area contributed by atoms with Crippen LogP contribution in [-0.4, -0.2) is 77.4 Å². The maximum Gasteiger partial charge on any atom is 0.157 e. The van der Waals surface area contributed by atoms with E-state index in [2.05, 4.69) is 157 Å². The normalized spacial score (nSPS) is 15.7. The second-order valence-electron chi connectivity index (χ2n) is 22.7. The van der Waals surface area contributed by atoms with Gasteiger partial charge in [0.15, 0.2) is 16.9 Å². The molecule has 0 bridgehead atoms. The van der Waals surface area contributed by atoms with Gasteiger partial charge in [-0.1, -0.05) is 119 Å². The minimum Gasteiger partial charge on any atom is -0.370 e. The number of fused-ring (bicyclic) bond motifs is 6. The summed E-state index contributed by atoms with van der Waals surface area (Å²) in [5.41, 5.74) is 25.2. The Labute approximate surface area is 529 Å². The van der Waals surface area contributed by atoms with Crippen molar-refractivity contribution < 1.29 is 0 Å². The van der Waals surface area contributed by atoms with Gasteiger partial charge in [-0.05, 0) is 159 Å². The summed E-state index contributed by atoms with van der Waals surface area (Å²) >= 11 is 0. The number of nitrogens with one attached hydrogen (secondary N) is 3. The maximum absolute atomic E-state index is 4.79. The molecule has 2 aromatic carbocycles. The molecule has 0 aliphatic heterocycles. The minimum absolute atomic E-state index is 0.383. The van der Waals surface area contributed by atoms with E-state index in [4.69, 9.17) is 15.0 Å². The lowest BCUT2D eigenvalue weighted by Crippen LogP contribution is -2.24. The van der Waals surface area contributed by atoms with Crippen molar-refractivity contribution in [2.75, 3.05) is 22.5 Å². The number of pyridine rings is 3. The standard InChI is InChI=1S/C25H23N5.C23H21N5.C21H21N5.3C2H6/c1-16-10-19(15-26-14-16)23-13-25(30-24(29-23)8-9-27-30)28-20-7-6-18-11-17-4-2-3-5-21(17)22(18)12-20;1-16-12-19(15-24-14-16)21-13-23(28-22(27-21)9-11-26-28)25-10-8-18-7-6-17-4-2-3-5-20(17)18;1-14-9-17(13-22-12-14)19-11-21(26-20(25-19)7-8-23-26)24-18-6-5-15-3-2-4-16(15)10-18;3*1-2/h2-5,8-10,13-15,20,28H,6-7,11-12H2,1H3;2-5,7,9,11-15,25H,6,8,10H2,1H3;2,4,7-9,11-13,18,24H,3,5-6,10H2,1H3;3*1-2H3. The molecule has 0 fully saturated rings. The number of hydrogen-bond acceptors (Lipinski definition) is 12. The number of benzene rings is 2. The fourth-order valence-electron chi connectivity index (χ4n) is 12.7. The average molecular weight is 1190 g/mol. The van der Waals surface area contributed by atoms with E-state index in [-0.39, 0.29) is 0 Å². The van der Waals surface area contributed by atoms with Crippen molar-refractivity contribution in [1.82, 2.24) is 58.7 Å². The quantitative estimate of drug-likeness (QED) is 0.112. The molecule has 0 amide bonds. The summed E-state index contributed by atoms with van der Waals surface area (Å²) in [5, 5.41) is 24.4. The molecule has 11 aromatic rings. The zero-order valence-electron chi connectivity index (χ0n) is 53.5. The van der Waals surface area contributed by atoms with Crippen LogP contribution >= 0.6 is 0 Å². The molecule has 9 aromatic heterocycles. The lowest BCUT2D eigenvalue weighted by atomic mass is 9.88. The summed E-state index contributed by atoms with van der Waals surface area (Å²) in [6.45, 7) is 19.0. The van der Waals surface area contributed by atoms with Gasteiger partial charge in [-0.25, -0.2) is 15.0 Å². The fourth-order valence-corrected chi connectivity index (χ4v) is 12.7. The molecule has 2 unspecified atom stereocenters. The van der Waals surface area contributed by atoms with Crippen LogP contribution in [0.4, 0.5) is 17.5 Å². The van der Waals surface area contributed by atoms with E-state index < -0.39 is 0 Å². The summed E-state index contributed by atoms with van der Waals surface area (Å²) in [4.78, 5) is 27.2. The van der Waals surface area contributed by atoms with Gasteiger partial charge < -0.3 is 16.0 Å². The van der Waals surface area contributed by atoms with Crippen LogP contribution in [0.5, 0.6) is 0 Å². The van der Waals surface area contributed by atoms with E-state index in [1.807, 2.05) is 123 Å². The third kappa shape index (κ3) is 13.9. The van der Waals surface area contributed by atoms with E-state index >= 15 is 0 Å². The molecule has 16 rings (SSSR count). The largest absolute Gasteiger partial charge is 0.370 e. The van der Waals surface area contributed by atoms with Gasteiger partial charge in [0, 0.05) is 109 Å². The van der Waals surface area contributed by atoms with Gasteiger partial charge in [0.1, 0.15) is 17.5 Å². The first-order valence-corrected chi connectivity index (χ1v) is 32.3. The van der Waals surface area contributed by atoms with Crippen LogP contribution < -0.4 is 16.0 Å². The van der Waals surface area contributed by atoms with Crippen LogP contribution in [0.3, 0.4) is 0 Å². The highest BCUT2D eigenvalue weighted by atomic mass is 15.3. The topological polar surface area (TPSA) is 165 Å². The molecule has 0 saturated carbocycles. The maximum atomic E-state index is 4.79. The molecule has 3 N–H and O–H groups in total. The van der Waals surface area contributed by atoms with E-state index in [0.29, 0.717) is 12.1 Å². The van der Waals surface area contributed by atoms with Crippen LogP contribution in [0.2, 0.25) is 0 Å². The van der Waals surface area contributed by atoms with Crippen LogP contribution in [0.15, 0.2) is 194 Å². The second kappa shape index (κ2) is 29.0.